The average molecular weight is 401 g/mol. The van der Waals surface area contributed by atoms with Crippen molar-refractivity contribution in [2.24, 2.45) is 0 Å². The van der Waals surface area contributed by atoms with E-state index in [1.165, 1.54) is 6.07 Å². The summed E-state index contributed by atoms with van der Waals surface area (Å²) in [7, 11) is 0. The van der Waals surface area contributed by atoms with Crippen LogP contribution in [-0.2, 0) is 23.9 Å². The second kappa shape index (κ2) is 8.51. The minimum Gasteiger partial charge on any atom is -0.352 e. The molecule has 152 valence electrons. The predicted molar refractivity (Wildman–Crippen MR) is 105 cm³/mol. The van der Waals surface area contributed by atoms with E-state index >= 15 is 0 Å². The molecule has 29 heavy (non-hydrogen) atoms. The van der Waals surface area contributed by atoms with Crippen LogP contribution in [0.2, 0.25) is 0 Å². The van der Waals surface area contributed by atoms with Crippen molar-refractivity contribution in [3.63, 3.8) is 0 Å². The third-order valence-corrected chi connectivity index (χ3v) is 4.79. The SMILES string of the molecule is Cc1nn(-c2ccccc2)c(C)c1CCC(=O)NCc1cccc(C(F)(F)F)c1. The molecule has 0 saturated heterocycles. The van der Waals surface area contributed by atoms with Gasteiger partial charge in [-0.1, -0.05) is 30.3 Å². The highest BCUT2D eigenvalue weighted by Gasteiger charge is 2.30. The van der Waals surface area contributed by atoms with Crippen molar-refractivity contribution in [3.8, 4) is 5.69 Å². The van der Waals surface area contributed by atoms with Crippen LogP contribution in [0.15, 0.2) is 54.6 Å². The molecule has 0 spiro atoms. The van der Waals surface area contributed by atoms with Crippen molar-refractivity contribution in [2.75, 3.05) is 0 Å². The summed E-state index contributed by atoms with van der Waals surface area (Å²) in [6.45, 7) is 3.93. The topological polar surface area (TPSA) is 46.9 Å². The van der Waals surface area contributed by atoms with Crippen LogP contribution in [0.5, 0.6) is 0 Å². The van der Waals surface area contributed by atoms with Gasteiger partial charge in [0.15, 0.2) is 0 Å². The minimum absolute atomic E-state index is 0.0595. The summed E-state index contributed by atoms with van der Waals surface area (Å²) in [6, 6.07) is 14.7. The van der Waals surface area contributed by atoms with E-state index in [-0.39, 0.29) is 18.9 Å². The number of nitrogens with one attached hydrogen (secondary N) is 1. The molecule has 0 saturated carbocycles. The second-order valence-corrected chi connectivity index (χ2v) is 6.87. The molecule has 3 rings (SSSR count). The maximum atomic E-state index is 12.8. The molecule has 0 fully saturated rings. The fourth-order valence-electron chi connectivity index (χ4n) is 3.24. The number of hydrogen-bond donors (Lipinski definition) is 1. The number of rotatable bonds is 6. The molecule has 1 heterocycles. The van der Waals surface area contributed by atoms with Crippen molar-refractivity contribution >= 4 is 5.91 Å². The molecule has 0 atom stereocenters. The van der Waals surface area contributed by atoms with Crippen LogP contribution >= 0.6 is 0 Å². The monoisotopic (exact) mass is 401 g/mol. The van der Waals surface area contributed by atoms with Gasteiger partial charge >= 0.3 is 6.18 Å². The Morgan fingerprint density at radius 2 is 1.79 bits per heavy atom. The number of aryl methyl sites for hydroxylation is 1. The van der Waals surface area contributed by atoms with Gasteiger partial charge in [0.2, 0.25) is 5.91 Å². The number of carbonyl (C=O) groups is 1. The van der Waals surface area contributed by atoms with E-state index in [4.69, 9.17) is 0 Å². The van der Waals surface area contributed by atoms with E-state index in [0.29, 0.717) is 12.0 Å². The molecule has 0 unspecified atom stereocenters. The molecular formula is C22H22F3N3O. The maximum absolute atomic E-state index is 12.8. The van der Waals surface area contributed by atoms with Crippen molar-refractivity contribution in [3.05, 3.63) is 82.7 Å². The predicted octanol–water partition coefficient (Wildman–Crippen LogP) is 4.76. The Kier molecular flexibility index (Phi) is 6.06. The highest BCUT2D eigenvalue weighted by atomic mass is 19.4. The van der Waals surface area contributed by atoms with E-state index < -0.39 is 11.7 Å². The zero-order valence-corrected chi connectivity index (χ0v) is 16.3. The van der Waals surface area contributed by atoms with Gasteiger partial charge in [-0.15, -0.1) is 0 Å². The van der Waals surface area contributed by atoms with Crippen LogP contribution in [0, 0.1) is 13.8 Å². The third kappa shape index (κ3) is 5.04. The fourth-order valence-corrected chi connectivity index (χ4v) is 3.24. The van der Waals surface area contributed by atoms with Gasteiger partial charge in [0.25, 0.3) is 0 Å². The molecule has 0 aliphatic rings. The van der Waals surface area contributed by atoms with Gasteiger partial charge in [-0.05, 0) is 55.7 Å². The Bertz CT molecular complexity index is 994. The van der Waals surface area contributed by atoms with Gasteiger partial charge < -0.3 is 5.32 Å². The normalized spacial score (nSPS) is 11.5. The summed E-state index contributed by atoms with van der Waals surface area (Å²) in [5.41, 5.74) is 3.48. The first-order valence-electron chi connectivity index (χ1n) is 9.29. The molecule has 4 nitrogen and oxygen atoms in total. The highest BCUT2D eigenvalue weighted by Crippen LogP contribution is 2.29. The van der Waals surface area contributed by atoms with E-state index in [1.807, 2.05) is 48.9 Å². The second-order valence-electron chi connectivity index (χ2n) is 6.87. The van der Waals surface area contributed by atoms with Crippen LogP contribution in [0.1, 0.15) is 34.5 Å². The van der Waals surface area contributed by atoms with Gasteiger partial charge in [0.1, 0.15) is 0 Å². The Balaban J connectivity index is 1.60. The zero-order chi connectivity index (χ0) is 21.0. The lowest BCUT2D eigenvalue weighted by atomic mass is 10.1. The molecule has 1 aromatic heterocycles. The number of para-hydroxylation sites is 1. The summed E-state index contributed by atoms with van der Waals surface area (Å²) in [4.78, 5) is 12.2. The van der Waals surface area contributed by atoms with Crippen molar-refractivity contribution in [1.82, 2.24) is 15.1 Å². The number of carbonyl (C=O) groups excluding carboxylic acids is 1. The van der Waals surface area contributed by atoms with E-state index in [2.05, 4.69) is 10.4 Å². The molecule has 1 N–H and O–H groups in total. The van der Waals surface area contributed by atoms with Gasteiger partial charge in [0, 0.05) is 18.7 Å². The minimum atomic E-state index is -4.39. The standard InChI is InChI=1S/C22H22F3N3O/c1-15-20(16(2)28(27-15)19-9-4-3-5-10-19)11-12-21(29)26-14-17-7-6-8-18(13-17)22(23,24)25/h3-10,13H,11-12,14H2,1-2H3,(H,26,29). The fraction of sp³-hybridized carbons (Fsp3) is 0.273. The number of halogens is 3. The van der Waals surface area contributed by atoms with Crippen LogP contribution in [-0.4, -0.2) is 15.7 Å². The summed E-state index contributed by atoms with van der Waals surface area (Å²) in [5.74, 6) is -0.214. The number of nitrogens with zero attached hydrogens (tertiary/aromatic N) is 2. The molecule has 0 aliphatic heterocycles. The Morgan fingerprint density at radius 3 is 2.48 bits per heavy atom. The van der Waals surface area contributed by atoms with Crippen LogP contribution < -0.4 is 5.32 Å². The average Bonchev–Trinajstić information content (AvgIpc) is 2.98. The molecule has 0 aliphatic carbocycles. The lowest BCUT2D eigenvalue weighted by Crippen LogP contribution is -2.23. The summed E-state index contributed by atoms with van der Waals surface area (Å²) in [5, 5.41) is 7.25. The molecular weight excluding hydrogens is 379 g/mol. The van der Waals surface area contributed by atoms with Gasteiger partial charge in [-0.25, -0.2) is 4.68 Å². The lowest BCUT2D eigenvalue weighted by molar-refractivity contribution is -0.137. The quantitative estimate of drug-likeness (QED) is 0.648. The number of hydrogen-bond acceptors (Lipinski definition) is 2. The van der Waals surface area contributed by atoms with Crippen LogP contribution in [0.25, 0.3) is 5.69 Å². The van der Waals surface area contributed by atoms with E-state index in [0.717, 1.165) is 34.8 Å². The molecule has 0 bridgehead atoms. The molecule has 3 aromatic rings. The maximum Gasteiger partial charge on any atom is 0.416 e. The van der Waals surface area contributed by atoms with Gasteiger partial charge in [-0.2, -0.15) is 18.3 Å². The van der Waals surface area contributed by atoms with Gasteiger partial charge in [-0.3, -0.25) is 4.79 Å². The smallest absolute Gasteiger partial charge is 0.352 e. The zero-order valence-electron chi connectivity index (χ0n) is 16.3. The molecule has 0 radical (unpaired) electrons. The van der Waals surface area contributed by atoms with E-state index in [9.17, 15) is 18.0 Å². The first kappa shape index (κ1) is 20.6. The van der Waals surface area contributed by atoms with Crippen molar-refractivity contribution < 1.29 is 18.0 Å². The molecule has 7 heteroatoms. The number of alkyl halides is 3. The number of aromatic nitrogens is 2. The number of benzene rings is 2. The van der Waals surface area contributed by atoms with Crippen molar-refractivity contribution in [2.45, 2.75) is 39.4 Å². The highest BCUT2D eigenvalue weighted by molar-refractivity contribution is 5.76. The number of amides is 1. The Morgan fingerprint density at radius 1 is 1.07 bits per heavy atom. The Labute approximate surface area is 167 Å². The lowest BCUT2D eigenvalue weighted by Gasteiger charge is -2.10. The van der Waals surface area contributed by atoms with Crippen LogP contribution in [0.4, 0.5) is 13.2 Å². The Hall–Kier alpha value is -3.09. The molecule has 2 aromatic carbocycles. The summed E-state index contributed by atoms with van der Waals surface area (Å²) >= 11 is 0. The summed E-state index contributed by atoms with van der Waals surface area (Å²) in [6.07, 6.45) is -3.64. The largest absolute Gasteiger partial charge is 0.416 e. The molecule has 1 amide bonds. The van der Waals surface area contributed by atoms with Crippen LogP contribution in [0.3, 0.4) is 0 Å². The first-order chi connectivity index (χ1) is 13.8. The first-order valence-corrected chi connectivity index (χ1v) is 9.29. The summed E-state index contributed by atoms with van der Waals surface area (Å²) < 4.78 is 40.2. The third-order valence-electron chi connectivity index (χ3n) is 4.79. The van der Waals surface area contributed by atoms with E-state index in [1.54, 1.807) is 6.07 Å². The van der Waals surface area contributed by atoms with Crippen molar-refractivity contribution in [1.29, 1.82) is 0 Å². The van der Waals surface area contributed by atoms with Gasteiger partial charge in [0.05, 0.1) is 16.9 Å².